The van der Waals surface area contributed by atoms with Crippen molar-refractivity contribution < 1.29 is 91.3 Å². The van der Waals surface area contributed by atoms with Crippen molar-refractivity contribution in [2.75, 3.05) is 127 Å². The van der Waals surface area contributed by atoms with E-state index in [1.165, 1.54) is 12.1 Å². The summed E-state index contributed by atoms with van der Waals surface area (Å²) >= 11 is 0. The van der Waals surface area contributed by atoms with Gasteiger partial charge in [-0.2, -0.15) is 25.3 Å². The number of hydrogen-bond donors (Lipinski definition) is 3. The zero-order valence-corrected chi connectivity index (χ0v) is 44.0. The van der Waals surface area contributed by atoms with Gasteiger partial charge in [0.05, 0.1) is 102 Å². The lowest BCUT2D eigenvalue weighted by atomic mass is 9.77. The molecule has 1 atom stereocenters. The lowest BCUT2D eigenvalue weighted by molar-refractivity contribution is -0.198. The van der Waals surface area contributed by atoms with E-state index >= 15 is 0 Å². The Kier molecular flexibility index (Phi) is 23.4. The highest BCUT2D eigenvalue weighted by molar-refractivity contribution is 7.86. The van der Waals surface area contributed by atoms with Crippen LogP contribution < -0.4 is 14.5 Å². The molecule has 26 heteroatoms. The molecule has 23 nitrogen and oxygen atoms in total. The molecule has 3 aliphatic rings. The van der Waals surface area contributed by atoms with Gasteiger partial charge in [0.25, 0.3) is 42.2 Å². The maximum Gasteiger partial charge on any atom is 0.335 e. The molecular formula is C48H67N3O20S3. The fourth-order valence-corrected chi connectivity index (χ4v) is 9.84. The fraction of sp³-hybridized carbons (Fsp3) is 0.562. The summed E-state index contributed by atoms with van der Waals surface area (Å²) < 4.78 is 139. The second-order valence-corrected chi connectivity index (χ2v) is 21.8. The van der Waals surface area contributed by atoms with Gasteiger partial charge in [-0.05, 0) is 86.7 Å². The number of hydroxylamine groups is 2. The number of ether oxygens (including phenoxy) is 7. The quantitative estimate of drug-likeness (QED) is 0.0502. The van der Waals surface area contributed by atoms with Crippen molar-refractivity contribution in [1.29, 1.82) is 0 Å². The van der Waals surface area contributed by atoms with Gasteiger partial charge >= 0.3 is 5.97 Å². The zero-order chi connectivity index (χ0) is 53.8. The molecule has 3 N–H and O–H groups in total. The van der Waals surface area contributed by atoms with Crippen LogP contribution in [0.4, 0.5) is 11.4 Å². The molecule has 0 spiro atoms. The Morgan fingerprint density at radius 1 is 0.757 bits per heavy atom. The van der Waals surface area contributed by atoms with Gasteiger partial charge in [0.1, 0.15) is 12.4 Å². The smallest absolute Gasteiger partial charge is 0.335 e. The van der Waals surface area contributed by atoms with Crippen LogP contribution in [0.15, 0.2) is 71.3 Å². The first kappa shape index (κ1) is 60.0. The van der Waals surface area contributed by atoms with Gasteiger partial charge in [0.2, 0.25) is 0 Å². The van der Waals surface area contributed by atoms with Gasteiger partial charge in [-0.3, -0.25) is 23.2 Å². The maximum atomic E-state index is 12.4. The molecule has 1 unspecified atom stereocenters. The fourth-order valence-electron chi connectivity index (χ4n) is 8.33. The van der Waals surface area contributed by atoms with E-state index in [4.69, 9.17) is 38.0 Å². The topological polar surface area (TPSA) is 298 Å². The Labute approximate surface area is 432 Å². The van der Waals surface area contributed by atoms with Gasteiger partial charge in [0, 0.05) is 66.6 Å². The van der Waals surface area contributed by atoms with Crippen LogP contribution in [0.3, 0.4) is 0 Å². The average Bonchev–Trinajstić information content (AvgIpc) is 3.77. The number of allylic oxidation sites excluding steroid dienone is 5. The summed E-state index contributed by atoms with van der Waals surface area (Å²) in [6.45, 7) is 8.55. The lowest BCUT2D eigenvalue weighted by Gasteiger charge is -2.30. The van der Waals surface area contributed by atoms with Crippen molar-refractivity contribution in [3.63, 3.8) is 0 Å². The first-order chi connectivity index (χ1) is 35.2. The Morgan fingerprint density at radius 2 is 1.32 bits per heavy atom. The van der Waals surface area contributed by atoms with Crippen LogP contribution >= 0.6 is 0 Å². The number of fused-ring (bicyclic) bond motifs is 2. The van der Waals surface area contributed by atoms with Gasteiger partial charge in [-0.15, -0.1) is 5.06 Å². The summed E-state index contributed by atoms with van der Waals surface area (Å²) in [4.78, 5) is 43.2. The standard InChI is InChI=1S/C48H67N3O20S3/c1-3-49(18-6-34-73(58,59)60)38-9-11-40-37(15-21-70-43(40)35-38)7-4-8-44-48(2,17-5-33-72(55,56)57)41-36-39(74(61,62)63)10-12-42(41)50(44)19-22-65-24-26-67-28-30-69-32-31-68-29-27-66-25-23-64-20-16-47(54)71-51-45(52)13-14-46(51)53/h4,7-12,15,35-36H,3,5-6,13-14,16-34H2,1-2H3,(H,55,56,57)(H,58,59,60)(H,61,62,63)/b7-4+,44-8+. The largest absolute Gasteiger partial charge is 0.489 e. The normalized spacial score (nSPS) is 17.5. The number of hydrogen-bond acceptors (Lipinski definition) is 19. The predicted octanol–water partition coefficient (Wildman–Crippen LogP) is 3.80. The summed E-state index contributed by atoms with van der Waals surface area (Å²) in [7, 11) is -13.0. The minimum atomic E-state index is -4.61. The summed E-state index contributed by atoms with van der Waals surface area (Å²) in [6.07, 6.45) is 7.87. The van der Waals surface area contributed by atoms with Crippen LogP contribution in [0.25, 0.3) is 5.57 Å². The zero-order valence-electron chi connectivity index (χ0n) is 41.6. The molecular weight excluding hydrogens is 1030 g/mol. The molecule has 412 valence electrons. The van der Waals surface area contributed by atoms with Gasteiger partial charge < -0.3 is 47.8 Å². The molecule has 5 rings (SSSR count). The van der Waals surface area contributed by atoms with Crippen molar-refractivity contribution in [1.82, 2.24) is 5.06 Å². The highest BCUT2D eigenvalue weighted by atomic mass is 32.2. The number of imide groups is 1. The van der Waals surface area contributed by atoms with Crippen molar-refractivity contribution in [2.45, 2.75) is 62.7 Å². The van der Waals surface area contributed by atoms with E-state index < -0.39 is 59.3 Å². The highest BCUT2D eigenvalue weighted by Crippen LogP contribution is 2.51. The van der Waals surface area contributed by atoms with Crippen LogP contribution in [-0.2, 0) is 83.4 Å². The Bertz CT molecular complexity index is 2640. The first-order valence-electron chi connectivity index (χ1n) is 24.1. The third-order valence-corrected chi connectivity index (χ3v) is 14.4. The Balaban J connectivity index is 1.08. The molecule has 0 bridgehead atoms. The maximum absolute atomic E-state index is 12.4. The minimum Gasteiger partial charge on any atom is -0.489 e. The van der Waals surface area contributed by atoms with Crippen LogP contribution in [0.2, 0.25) is 0 Å². The summed E-state index contributed by atoms with van der Waals surface area (Å²) in [6, 6.07) is 9.95. The molecule has 2 aromatic carbocycles. The van der Waals surface area contributed by atoms with E-state index in [1.807, 2.05) is 66.2 Å². The van der Waals surface area contributed by atoms with E-state index in [0.29, 0.717) is 87.0 Å². The molecule has 3 heterocycles. The molecule has 0 saturated carbocycles. The number of rotatable bonds is 35. The summed E-state index contributed by atoms with van der Waals surface area (Å²) in [5.74, 6) is -2.09. The molecule has 1 saturated heterocycles. The number of amides is 2. The number of nitrogens with zero attached hydrogens (tertiary/aromatic N) is 3. The second-order valence-electron chi connectivity index (χ2n) is 17.3. The van der Waals surface area contributed by atoms with Crippen LogP contribution in [0, 0.1) is 0 Å². The number of carbonyl (C=O) groups is 3. The van der Waals surface area contributed by atoms with Crippen LogP contribution in [-0.4, -0.2) is 179 Å². The van der Waals surface area contributed by atoms with E-state index in [2.05, 4.69) is 0 Å². The van der Waals surface area contributed by atoms with Gasteiger partial charge in [-0.25, -0.2) is 4.79 Å². The lowest BCUT2D eigenvalue weighted by Crippen LogP contribution is -2.32. The Morgan fingerprint density at radius 3 is 1.89 bits per heavy atom. The SMILES string of the molecule is CCN(CCCS(=O)(=O)O)c1ccc2c(c1)OCC=C2/C=C/C=C1/N(CCOCCOCCOCCOCCOCCOCCC(=O)ON2C(=O)CCC2=O)c2ccc(S(=O)(=O)O)cc2C1(C)CCCS(=O)(=O)O. The van der Waals surface area contributed by atoms with E-state index in [1.54, 1.807) is 6.07 Å². The van der Waals surface area contributed by atoms with Gasteiger partial charge in [0.15, 0.2) is 0 Å². The van der Waals surface area contributed by atoms with Gasteiger partial charge in [-0.1, -0.05) is 12.2 Å². The number of benzene rings is 2. The van der Waals surface area contributed by atoms with Crippen molar-refractivity contribution in [3.05, 3.63) is 77.5 Å². The molecule has 1 fully saturated rings. The third-order valence-electron chi connectivity index (χ3n) is 12.0. The summed E-state index contributed by atoms with van der Waals surface area (Å²) in [5.41, 5.74) is 3.30. The minimum absolute atomic E-state index is 0.0238. The number of anilines is 2. The van der Waals surface area contributed by atoms with Crippen molar-refractivity contribution in [3.8, 4) is 5.75 Å². The molecule has 0 radical (unpaired) electrons. The van der Waals surface area contributed by atoms with E-state index in [-0.39, 0.29) is 95.4 Å². The molecule has 0 aliphatic carbocycles. The molecule has 2 amide bonds. The average molecular weight is 1100 g/mol. The van der Waals surface area contributed by atoms with E-state index in [0.717, 1.165) is 16.8 Å². The summed E-state index contributed by atoms with van der Waals surface area (Å²) in [5, 5.41) is 0.494. The van der Waals surface area contributed by atoms with Crippen molar-refractivity contribution >= 4 is 65.1 Å². The number of carbonyl (C=O) groups excluding carboxylic acids is 3. The molecule has 0 aromatic heterocycles. The van der Waals surface area contributed by atoms with Crippen LogP contribution in [0.1, 0.15) is 63.5 Å². The Hall–Kier alpha value is -4.84. The van der Waals surface area contributed by atoms with Crippen LogP contribution in [0.5, 0.6) is 5.75 Å². The molecule has 2 aromatic rings. The second kappa shape index (κ2) is 28.9. The molecule has 3 aliphatic heterocycles. The first-order valence-corrected chi connectivity index (χ1v) is 28.8. The highest BCUT2D eigenvalue weighted by Gasteiger charge is 2.44. The van der Waals surface area contributed by atoms with E-state index in [9.17, 15) is 53.3 Å². The third kappa shape index (κ3) is 19.1. The predicted molar refractivity (Wildman–Crippen MR) is 269 cm³/mol. The monoisotopic (exact) mass is 1100 g/mol. The molecule has 74 heavy (non-hydrogen) atoms. The van der Waals surface area contributed by atoms with Crippen molar-refractivity contribution in [2.24, 2.45) is 0 Å².